The summed E-state index contributed by atoms with van der Waals surface area (Å²) in [6, 6.07) is 0.476. The number of rotatable bonds is 6. The topological polar surface area (TPSA) is 85.6 Å². The molecule has 2 aromatic rings. The standard InChI is InChI=1S/C14H20N6OS2/c1-10-17-19-14(23-10)22-8-13(21)15-7-12-18-16-9-20(12)11-5-3-2-4-6-11/h9,11H,2-8H2,1H3,(H,15,21). The van der Waals surface area contributed by atoms with Gasteiger partial charge in [0.05, 0.1) is 12.3 Å². The van der Waals surface area contributed by atoms with Crippen LogP contribution in [0.4, 0.5) is 0 Å². The van der Waals surface area contributed by atoms with E-state index in [2.05, 4.69) is 30.3 Å². The van der Waals surface area contributed by atoms with Crippen molar-refractivity contribution in [3.63, 3.8) is 0 Å². The molecule has 0 atom stereocenters. The van der Waals surface area contributed by atoms with Crippen LogP contribution in [0.5, 0.6) is 0 Å². The van der Waals surface area contributed by atoms with Gasteiger partial charge in [-0.05, 0) is 19.8 Å². The van der Waals surface area contributed by atoms with Crippen molar-refractivity contribution in [2.75, 3.05) is 5.75 Å². The lowest BCUT2D eigenvalue weighted by atomic mass is 9.95. The average Bonchev–Trinajstić information content (AvgIpc) is 3.20. The van der Waals surface area contributed by atoms with E-state index in [0.29, 0.717) is 18.3 Å². The van der Waals surface area contributed by atoms with Crippen molar-refractivity contribution in [3.05, 3.63) is 17.2 Å². The van der Waals surface area contributed by atoms with Crippen LogP contribution < -0.4 is 5.32 Å². The van der Waals surface area contributed by atoms with Crippen molar-refractivity contribution in [1.82, 2.24) is 30.3 Å². The molecule has 2 heterocycles. The average molecular weight is 352 g/mol. The molecule has 0 aromatic carbocycles. The highest BCUT2D eigenvalue weighted by molar-refractivity contribution is 8.01. The molecule has 1 fully saturated rings. The van der Waals surface area contributed by atoms with Gasteiger partial charge in [-0.3, -0.25) is 4.79 Å². The molecule has 3 rings (SSSR count). The van der Waals surface area contributed by atoms with Gasteiger partial charge in [0.25, 0.3) is 0 Å². The SMILES string of the molecule is Cc1nnc(SCC(=O)NCc2nncn2C2CCCCC2)s1. The summed E-state index contributed by atoms with van der Waals surface area (Å²) < 4.78 is 2.95. The molecule has 2 aromatic heterocycles. The molecule has 1 aliphatic carbocycles. The Morgan fingerprint density at radius 1 is 1.35 bits per heavy atom. The van der Waals surface area contributed by atoms with Crippen LogP contribution in [0, 0.1) is 6.92 Å². The van der Waals surface area contributed by atoms with Gasteiger partial charge in [-0.25, -0.2) is 0 Å². The van der Waals surface area contributed by atoms with Crippen LogP contribution in [0.25, 0.3) is 0 Å². The zero-order valence-electron chi connectivity index (χ0n) is 13.1. The molecule has 0 radical (unpaired) electrons. The van der Waals surface area contributed by atoms with Gasteiger partial charge in [-0.1, -0.05) is 42.4 Å². The summed E-state index contributed by atoms with van der Waals surface area (Å²) in [6.07, 6.45) is 7.96. The van der Waals surface area contributed by atoms with Crippen molar-refractivity contribution in [2.45, 2.75) is 56.0 Å². The zero-order chi connectivity index (χ0) is 16.1. The summed E-state index contributed by atoms with van der Waals surface area (Å²) >= 11 is 2.91. The summed E-state index contributed by atoms with van der Waals surface area (Å²) in [6.45, 7) is 2.32. The third kappa shape index (κ3) is 4.51. The first-order valence-corrected chi connectivity index (χ1v) is 9.60. The quantitative estimate of drug-likeness (QED) is 0.803. The lowest BCUT2D eigenvalue weighted by Gasteiger charge is -2.24. The number of carbonyl (C=O) groups excluding carboxylic acids is 1. The monoisotopic (exact) mass is 352 g/mol. The predicted octanol–water partition coefficient (Wildman–Crippen LogP) is 2.35. The van der Waals surface area contributed by atoms with Crippen LogP contribution in [0.2, 0.25) is 0 Å². The van der Waals surface area contributed by atoms with Crippen LogP contribution in [0.3, 0.4) is 0 Å². The Morgan fingerprint density at radius 3 is 2.91 bits per heavy atom. The van der Waals surface area contributed by atoms with Gasteiger partial charge in [0, 0.05) is 6.04 Å². The van der Waals surface area contributed by atoms with Crippen molar-refractivity contribution in [3.8, 4) is 0 Å². The maximum Gasteiger partial charge on any atom is 0.230 e. The fourth-order valence-electron chi connectivity index (χ4n) is 2.75. The predicted molar refractivity (Wildman–Crippen MR) is 89.4 cm³/mol. The van der Waals surface area contributed by atoms with Crippen molar-refractivity contribution >= 4 is 29.0 Å². The molecule has 0 aliphatic heterocycles. The normalized spacial score (nSPS) is 15.7. The molecular weight excluding hydrogens is 332 g/mol. The van der Waals surface area contributed by atoms with E-state index in [0.717, 1.165) is 15.2 Å². The summed E-state index contributed by atoms with van der Waals surface area (Å²) in [4.78, 5) is 12.0. The van der Waals surface area contributed by atoms with E-state index in [4.69, 9.17) is 0 Å². The molecule has 124 valence electrons. The Balaban J connectivity index is 1.48. The number of nitrogens with one attached hydrogen (secondary N) is 1. The fraction of sp³-hybridized carbons (Fsp3) is 0.643. The first-order valence-electron chi connectivity index (χ1n) is 7.80. The number of aromatic nitrogens is 5. The van der Waals surface area contributed by atoms with Crippen molar-refractivity contribution in [2.24, 2.45) is 0 Å². The molecule has 1 N–H and O–H groups in total. The molecular formula is C14H20N6OS2. The molecule has 23 heavy (non-hydrogen) atoms. The number of nitrogens with zero attached hydrogens (tertiary/aromatic N) is 5. The number of carbonyl (C=O) groups is 1. The Kier molecular flexibility index (Phi) is 5.60. The van der Waals surface area contributed by atoms with E-state index in [9.17, 15) is 4.79 Å². The second kappa shape index (κ2) is 7.87. The molecule has 9 heteroatoms. The molecule has 0 unspecified atom stereocenters. The highest BCUT2D eigenvalue weighted by atomic mass is 32.2. The van der Waals surface area contributed by atoms with Gasteiger partial charge in [0.15, 0.2) is 10.2 Å². The van der Waals surface area contributed by atoms with Crippen LogP contribution in [-0.2, 0) is 11.3 Å². The van der Waals surface area contributed by atoms with Crippen LogP contribution in [-0.4, -0.2) is 36.6 Å². The van der Waals surface area contributed by atoms with Crippen LogP contribution in [0.1, 0.15) is 49.0 Å². The second-order valence-corrected chi connectivity index (χ2v) is 8.00. The number of amides is 1. The Hall–Kier alpha value is -1.48. The van der Waals surface area contributed by atoms with E-state index in [1.54, 1.807) is 6.33 Å². The lowest BCUT2D eigenvalue weighted by Crippen LogP contribution is -2.27. The lowest BCUT2D eigenvalue weighted by molar-refractivity contribution is -0.118. The minimum atomic E-state index is -0.0268. The minimum Gasteiger partial charge on any atom is -0.348 e. The van der Waals surface area contributed by atoms with Gasteiger partial charge >= 0.3 is 0 Å². The van der Waals surface area contributed by atoms with Crippen LogP contribution >= 0.6 is 23.1 Å². The van der Waals surface area contributed by atoms with Gasteiger partial charge in [0.2, 0.25) is 5.91 Å². The number of hydrogen-bond acceptors (Lipinski definition) is 7. The molecule has 1 aliphatic rings. The molecule has 7 nitrogen and oxygen atoms in total. The number of aryl methyl sites for hydroxylation is 1. The summed E-state index contributed by atoms with van der Waals surface area (Å²) in [5, 5.41) is 19.9. The molecule has 0 spiro atoms. The molecule has 0 bridgehead atoms. The van der Waals surface area contributed by atoms with Gasteiger partial charge in [0.1, 0.15) is 11.3 Å². The van der Waals surface area contributed by atoms with E-state index < -0.39 is 0 Å². The summed E-state index contributed by atoms with van der Waals surface area (Å²) in [7, 11) is 0. The maximum atomic E-state index is 12.0. The Bertz CT molecular complexity index is 649. The van der Waals surface area contributed by atoms with Gasteiger partial charge < -0.3 is 9.88 Å². The third-order valence-corrected chi connectivity index (χ3v) is 5.87. The molecule has 1 saturated carbocycles. The molecule has 1 amide bonds. The van der Waals surface area contributed by atoms with E-state index in [1.165, 1.54) is 55.2 Å². The third-order valence-electron chi connectivity index (χ3n) is 3.89. The van der Waals surface area contributed by atoms with Gasteiger partial charge in [-0.2, -0.15) is 0 Å². The zero-order valence-corrected chi connectivity index (χ0v) is 14.7. The highest BCUT2D eigenvalue weighted by Gasteiger charge is 2.18. The molecule has 0 saturated heterocycles. The fourth-order valence-corrected chi connectivity index (χ4v) is 4.40. The second-order valence-electron chi connectivity index (χ2n) is 5.60. The van der Waals surface area contributed by atoms with Crippen LogP contribution in [0.15, 0.2) is 10.7 Å². The Labute approximate surface area is 143 Å². The van der Waals surface area contributed by atoms with Crippen molar-refractivity contribution in [1.29, 1.82) is 0 Å². The van der Waals surface area contributed by atoms with Crippen molar-refractivity contribution < 1.29 is 4.79 Å². The first-order chi connectivity index (χ1) is 11.2. The largest absolute Gasteiger partial charge is 0.348 e. The van der Waals surface area contributed by atoms with E-state index in [1.807, 2.05) is 6.92 Å². The number of hydrogen-bond donors (Lipinski definition) is 1. The van der Waals surface area contributed by atoms with E-state index in [-0.39, 0.29) is 5.91 Å². The first kappa shape index (κ1) is 16.4. The minimum absolute atomic E-state index is 0.0268. The van der Waals surface area contributed by atoms with Gasteiger partial charge in [-0.15, -0.1) is 20.4 Å². The summed E-state index contributed by atoms with van der Waals surface area (Å²) in [5.41, 5.74) is 0. The highest BCUT2D eigenvalue weighted by Crippen LogP contribution is 2.28. The maximum absolute atomic E-state index is 12.0. The summed E-state index contributed by atoms with van der Waals surface area (Å²) in [5.74, 6) is 1.15. The number of thioether (sulfide) groups is 1. The smallest absolute Gasteiger partial charge is 0.230 e. The Morgan fingerprint density at radius 2 is 2.17 bits per heavy atom. The van der Waals surface area contributed by atoms with E-state index >= 15 is 0 Å².